The van der Waals surface area contributed by atoms with Crippen LogP contribution in [-0.2, 0) is 16.0 Å². The molecule has 4 aliphatic rings. The van der Waals surface area contributed by atoms with Crippen LogP contribution in [0.3, 0.4) is 0 Å². The van der Waals surface area contributed by atoms with Gasteiger partial charge >= 0.3 is 0 Å². The van der Waals surface area contributed by atoms with Crippen molar-refractivity contribution in [3.8, 4) is 0 Å². The number of nitrogens with zero attached hydrogens (tertiary/aromatic N) is 5. The number of carbonyl (C=O) groups is 3. The van der Waals surface area contributed by atoms with E-state index in [-0.39, 0.29) is 18.2 Å². The Kier molecular flexibility index (Phi) is 6.49. The van der Waals surface area contributed by atoms with Crippen LogP contribution < -0.4 is 10.2 Å². The minimum Gasteiger partial charge on any atom is -0.302 e. The lowest BCUT2D eigenvalue weighted by Gasteiger charge is -2.44. The van der Waals surface area contributed by atoms with E-state index in [1.807, 2.05) is 31.4 Å². The quantitative estimate of drug-likeness (QED) is 0.354. The van der Waals surface area contributed by atoms with Gasteiger partial charge in [-0.05, 0) is 60.7 Å². The highest BCUT2D eigenvalue weighted by Crippen LogP contribution is 2.42. The number of aliphatic imine (C=N–C) groups is 1. The zero-order valence-corrected chi connectivity index (χ0v) is 23.5. The number of rotatable bonds is 7. The molecular formula is C32H36N6O3. The minimum absolute atomic E-state index is 0.179. The number of piperidine rings is 2. The van der Waals surface area contributed by atoms with E-state index < -0.39 is 11.9 Å². The molecule has 1 N–H and O–H groups in total. The highest BCUT2D eigenvalue weighted by Gasteiger charge is 2.41. The van der Waals surface area contributed by atoms with Crippen LogP contribution in [0.15, 0.2) is 47.7 Å². The van der Waals surface area contributed by atoms with Gasteiger partial charge in [0.15, 0.2) is 0 Å². The van der Waals surface area contributed by atoms with E-state index in [4.69, 9.17) is 5.10 Å². The Hall–Kier alpha value is -3.85. The number of carbonyl (C=O) groups excluding carboxylic acids is 3. The largest absolute Gasteiger partial charge is 0.302 e. The Morgan fingerprint density at radius 1 is 1.10 bits per heavy atom. The number of hydrogen-bond acceptors (Lipinski definition) is 6. The Morgan fingerprint density at radius 2 is 1.93 bits per heavy atom. The number of nitrogens with one attached hydrogen (secondary N) is 1. The van der Waals surface area contributed by atoms with Crippen LogP contribution in [0.25, 0.3) is 10.8 Å². The van der Waals surface area contributed by atoms with Gasteiger partial charge in [0.25, 0.3) is 5.91 Å². The van der Waals surface area contributed by atoms with Gasteiger partial charge in [-0.2, -0.15) is 5.10 Å². The Balaban J connectivity index is 1.07. The zero-order chi connectivity index (χ0) is 28.1. The second kappa shape index (κ2) is 10.2. The van der Waals surface area contributed by atoms with Crippen molar-refractivity contribution in [3.63, 3.8) is 0 Å². The molecule has 212 valence electrons. The van der Waals surface area contributed by atoms with Crippen molar-refractivity contribution < 1.29 is 14.4 Å². The minimum atomic E-state index is -0.676. The maximum atomic E-state index is 13.4. The number of amides is 3. The van der Waals surface area contributed by atoms with Crippen molar-refractivity contribution in [2.45, 2.75) is 63.5 Å². The van der Waals surface area contributed by atoms with Crippen LogP contribution in [-0.4, -0.2) is 71.3 Å². The first-order valence-corrected chi connectivity index (χ1v) is 14.9. The second-order valence-electron chi connectivity index (χ2n) is 12.2. The summed E-state index contributed by atoms with van der Waals surface area (Å²) in [7, 11) is 1.89. The molecule has 2 aromatic carbocycles. The predicted octanol–water partition coefficient (Wildman–Crippen LogP) is 3.90. The van der Waals surface area contributed by atoms with Crippen molar-refractivity contribution in [2.24, 2.45) is 10.4 Å². The molecule has 1 saturated carbocycles. The maximum absolute atomic E-state index is 13.4. The Morgan fingerprint density at radius 3 is 2.66 bits per heavy atom. The SMILES string of the molecule is C/N=C/C1(CN2CCC(n3cc(Cc4ccc5c6c(cccc46)C(=O)N5C4CCC(=O)NC4=O)cn3)CC2)CCC1. The van der Waals surface area contributed by atoms with Crippen molar-refractivity contribution in [3.05, 3.63) is 59.4 Å². The first-order chi connectivity index (χ1) is 19.9. The molecule has 1 aliphatic carbocycles. The monoisotopic (exact) mass is 552 g/mol. The van der Waals surface area contributed by atoms with Crippen LogP contribution >= 0.6 is 0 Å². The van der Waals surface area contributed by atoms with E-state index in [0.717, 1.165) is 60.1 Å². The lowest BCUT2D eigenvalue weighted by Crippen LogP contribution is -2.53. The molecule has 1 aromatic heterocycles. The van der Waals surface area contributed by atoms with Crippen LogP contribution in [0.2, 0.25) is 0 Å². The van der Waals surface area contributed by atoms with Crippen molar-refractivity contribution >= 4 is 40.4 Å². The summed E-state index contributed by atoms with van der Waals surface area (Å²) in [6.07, 6.45) is 13.6. The van der Waals surface area contributed by atoms with Gasteiger partial charge in [0.2, 0.25) is 11.8 Å². The number of imide groups is 1. The molecule has 0 radical (unpaired) electrons. The molecule has 7 rings (SSSR count). The third-order valence-electron chi connectivity index (χ3n) is 9.61. The molecule has 3 amide bonds. The molecule has 0 bridgehead atoms. The molecule has 41 heavy (non-hydrogen) atoms. The number of likely N-dealkylation sites (tertiary alicyclic amines) is 1. The molecule has 1 atom stereocenters. The summed E-state index contributed by atoms with van der Waals surface area (Å²) in [5.41, 5.74) is 3.92. The van der Waals surface area contributed by atoms with Crippen LogP contribution in [0.4, 0.5) is 5.69 Å². The molecule has 1 unspecified atom stereocenters. The molecule has 3 aromatic rings. The second-order valence-corrected chi connectivity index (χ2v) is 12.2. The fourth-order valence-electron chi connectivity index (χ4n) is 7.37. The molecule has 3 fully saturated rings. The van der Waals surface area contributed by atoms with E-state index in [2.05, 4.69) is 44.4 Å². The summed E-state index contributed by atoms with van der Waals surface area (Å²) in [4.78, 5) is 46.3. The van der Waals surface area contributed by atoms with Gasteiger partial charge in [0, 0.05) is 68.3 Å². The van der Waals surface area contributed by atoms with E-state index in [9.17, 15) is 14.4 Å². The summed E-state index contributed by atoms with van der Waals surface area (Å²) in [6.45, 7) is 3.30. The predicted molar refractivity (Wildman–Crippen MR) is 157 cm³/mol. The average molecular weight is 553 g/mol. The Labute approximate surface area is 239 Å². The van der Waals surface area contributed by atoms with E-state index in [1.54, 1.807) is 4.90 Å². The molecule has 2 saturated heterocycles. The zero-order valence-electron chi connectivity index (χ0n) is 23.5. The molecule has 3 aliphatic heterocycles. The number of hydrogen-bond donors (Lipinski definition) is 1. The Bertz CT molecular complexity index is 1560. The number of benzene rings is 2. The van der Waals surface area contributed by atoms with E-state index >= 15 is 0 Å². The summed E-state index contributed by atoms with van der Waals surface area (Å²) >= 11 is 0. The van der Waals surface area contributed by atoms with Crippen molar-refractivity contribution in [1.82, 2.24) is 20.0 Å². The first kappa shape index (κ1) is 26.1. The van der Waals surface area contributed by atoms with Crippen LogP contribution in [0.1, 0.15) is 72.5 Å². The van der Waals surface area contributed by atoms with Gasteiger partial charge < -0.3 is 9.89 Å². The standard InChI is InChI=1S/C32H36N6O3/c1-33-19-32(12-3-13-32)20-36-14-10-23(11-15-36)37-18-21(17-34-37)16-22-6-7-26-29-24(22)4-2-5-25(29)31(41)38(26)27-8-9-28(39)35-30(27)40/h2,4-7,17-19,23,27H,3,8-16,20H2,1H3,(H,35,39,40)/b33-19+. The van der Waals surface area contributed by atoms with Gasteiger partial charge in [0.05, 0.1) is 17.9 Å². The number of aromatic nitrogens is 2. The molecular weight excluding hydrogens is 516 g/mol. The fraction of sp³-hybridized carbons (Fsp3) is 0.469. The summed E-state index contributed by atoms with van der Waals surface area (Å²) in [5, 5.41) is 9.06. The van der Waals surface area contributed by atoms with Crippen LogP contribution in [0, 0.1) is 5.41 Å². The van der Waals surface area contributed by atoms with Gasteiger partial charge in [-0.1, -0.05) is 24.6 Å². The third kappa shape index (κ3) is 4.56. The molecule has 4 heterocycles. The summed E-state index contributed by atoms with van der Waals surface area (Å²) in [5.74, 6) is -0.872. The lowest BCUT2D eigenvalue weighted by atomic mass is 9.69. The fourth-order valence-corrected chi connectivity index (χ4v) is 7.37. The molecule has 9 heteroatoms. The normalized spacial score (nSPS) is 23.0. The summed E-state index contributed by atoms with van der Waals surface area (Å²) < 4.78 is 2.15. The van der Waals surface area contributed by atoms with E-state index in [1.165, 1.54) is 19.3 Å². The summed E-state index contributed by atoms with van der Waals surface area (Å²) in [6, 6.07) is 9.54. The average Bonchev–Trinajstić information content (AvgIpc) is 3.53. The lowest BCUT2D eigenvalue weighted by molar-refractivity contribution is -0.134. The van der Waals surface area contributed by atoms with Gasteiger partial charge in [-0.25, -0.2) is 0 Å². The van der Waals surface area contributed by atoms with Gasteiger partial charge in [-0.3, -0.25) is 29.3 Å². The number of anilines is 1. The van der Waals surface area contributed by atoms with Crippen molar-refractivity contribution in [2.75, 3.05) is 31.6 Å². The maximum Gasteiger partial charge on any atom is 0.259 e. The van der Waals surface area contributed by atoms with Gasteiger partial charge in [-0.15, -0.1) is 0 Å². The highest BCUT2D eigenvalue weighted by atomic mass is 16.2. The molecule has 9 nitrogen and oxygen atoms in total. The topological polar surface area (TPSA) is 99.9 Å². The van der Waals surface area contributed by atoms with Gasteiger partial charge in [0.1, 0.15) is 6.04 Å². The van der Waals surface area contributed by atoms with E-state index in [0.29, 0.717) is 29.9 Å². The third-order valence-corrected chi connectivity index (χ3v) is 9.61. The first-order valence-electron chi connectivity index (χ1n) is 14.9. The van der Waals surface area contributed by atoms with Crippen LogP contribution in [0.5, 0.6) is 0 Å². The highest BCUT2D eigenvalue weighted by molar-refractivity contribution is 6.27. The van der Waals surface area contributed by atoms with Crippen molar-refractivity contribution in [1.29, 1.82) is 0 Å². The smallest absolute Gasteiger partial charge is 0.259 e. The molecule has 0 spiro atoms.